The molecule has 14 heavy (non-hydrogen) atoms. The van der Waals surface area contributed by atoms with Crippen LogP contribution in [0.25, 0.3) is 0 Å². The van der Waals surface area contributed by atoms with Crippen molar-refractivity contribution < 1.29 is 4.74 Å². The summed E-state index contributed by atoms with van der Waals surface area (Å²) >= 11 is 0. The third-order valence-electron chi connectivity index (χ3n) is 1.84. The number of H-pyrrole nitrogens is 1. The Balaban J connectivity index is 2.29. The molecule has 0 spiro atoms. The van der Waals surface area contributed by atoms with Crippen molar-refractivity contribution >= 4 is 0 Å². The molecule has 0 bridgehead atoms. The normalized spacial score (nSPS) is 11.1. The van der Waals surface area contributed by atoms with E-state index < -0.39 is 0 Å². The zero-order valence-corrected chi connectivity index (χ0v) is 9.00. The summed E-state index contributed by atoms with van der Waals surface area (Å²) < 4.78 is 4.91. The summed E-state index contributed by atoms with van der Waals surface area (Å²) in [5.74, 6) is 2.12. The number of methoxy groups -OCH3 is 1. The van der Waals surface area contributed by atoms with Gasteiger partial charge in [0, 0.05) is 19.6 Å². The van der Waals surface area contributed by atoms with Crippen molar-refractivity contribution in [2.45, 2.75) is 26.3 Å². The number of nitrogens with one attached hydrogen (secondary N) is 2. The van der Waals surface area contributed by atoms with Crippen LogP contribution in [-0.4, -0.2) is 35.4 Å². The Labute approximate surface area is 84.3 Å². The molecule has 0 radical (unpaired) electrons. The number of hydrogen-bond acceptors (Lipinski definition) is 4. The number of aromatic nitrogens is 3. The number of nitrogens with zero attached hydrogens (tertiary/aromatic N) is 2. The lowest BCUT2D eigenvalue weighted by Crippen LogP contribution is -2.19. The van der Waals surface area contributed by atoms with E-state index in [2.05, 4.69) is 34.3 Å². The summed E-state index contributed by atoms with van der Waals surface area (Å²) in [6.07, 6.45) is 0. The Morgan fingerprint density at radius 1 is 1.50 bits per heavy atom. The van der Waals surface area contributed by atoms with Gasteiger partial charge >= 0.3 is 0 Å². The third kappa shape index (κ3) is 3.43. The van der Waals surface area contributed by atoms with E-state index in [9.17, 15) is 0 Å². The Hall–Kier alpha value is -0.940. The fourth-order valence-corrected chi connectivity index (χ4v) is 1.03. The van der Waals surface area contributed by atoms with E-state index in [0.717, 1.165) is 18.2 Å². The molecule has 1 aromatic rings. The Kier molecular flexibility index (Phi) is 4.55. The Bertz CT molecular complexity index is 259. The average molecular weight is 198 g/mol. The second-order valence-electron chi connectivity index (χ2n) is 3.46. The summed E-state index contributed by atoms with van der Waals surface area (Å²) in [5.41, 5.74) is 0. The molecular weight excluding hydrogens is 180 g/mol. The van der Waals surface area contributed by atoms with Gasteiger partial charge < -0.3 is 10.1 Å². The van der Waals surface area contributed by atoms with Crippen LogP contribution in [0.4, 0.5) is 0 Å². The summed E-state index contributed by atoms with van der Waals surface area (Å²) in [4.78, 5) is 4.34. The van der Waals surface area contributed by atoms with Gasteiger partial charge in [0.2, 0.25) is 0 Å². The SMILES string of the molecule is COCCNCc1nc(C(C)C)n[nH]1. The first-order chi connectivity index (χ1) is 6.74. The maximum absolute atomic E-state index is 4.91. The van der Waals surface area contributed by atoms with E-state index in [4.69, 9.17) is 4.74 Å². The first kappa shape index (κ1) is 11.1. The molecule has 1 heterocycles. The van der Waals surface area contributed by atoms with Gasteiger partial charge in [-0.05, 0) is 0 Å². The van der Waals surface area contributed by atoms with Gasteiger partial charge in [0.1, 0.15) is 5.82 Å². The van der Waals surface area contributed by atoms with Crippen LogP contribution in [0.5, 0.6) is 0 Å². The Morgan fingerprint density at radius 3 is 2.86 bits per heavy atom. The van der Waals surface area contributed by atoms with Gasteiger partial charge in [-0.2, -0.15) is 5.10 Å². The van der Waals surface area contributed by atoms with E-state index in [0.29, 0.717) is 19.1 Å². The average Bonchev–Trinajstić information content (AvgIpc) is 2.61. The summed E-state index contributed by atoms with van der Waals surface area (Å²) in [6, 6.07) is 0. The van der Waals surface area contributed by atoms with Crippen molar-refractivity contribution in [1.29, 1.82) is 0 Å². The minimum Gasteiger partial charge on any atom is -0.383 e. The minimum absolute atomic E-state index is 0.374. The summed E-state index contributed by atoms with van der Waals surface area (Å²) in [7, 11) is 1.69. The molecule has 5 heteroatoms. The molecule has 0 saturated heterocycles. The number of ether oxygens (including phenoxy) is 1. The lowest BCUT2D eigenvalue weighted by Gasteiger charge is -2.00. The molecule has 1 rings (SSSR count). The first-order valence-electron chi connectivity index (χ1n) is 4.85. The van der Waals surface area contributed by atoms with Crippen molar-refractivity contribution in [3.8, 4) is 0 Å². The highest BCUT2D eigenvalue weighted by Crippen LogP contribution is 2.06. The smallest absolute Gasteiger partial charge is 0.153 e. The van der Waals surface area contributed by atoms with Crippen molar-refractivity contribution in [3.05, 3.63) is 11.6 Å². The van der Waals surface area contributed by atoms with Crippen LogP contribution in [0.2, 0.25) is 0 Å². The quantitative estimate of drug-likeness (QED) is 0.659. The van der Waals surface area contributed by atoms with Gasteiger partial charge in [-0.1, -0.05) is 13.8 Å². The lowest BCUT2D eigenvalue weighted by atomic mass is 10.2. The molecular formula is C9H18N4O. The van der Waals surface area contributed by atoms with Gasteiger partial charge in [0.15, 0.2) is 5.82 Å². The largest absolute Gasteiger partial charge is 0.383 e. The molecule has 0 atom stereocenters. The van der Waals surface area contributed by atoms with Gasteiger partial charge in [-0.15, -0.1) is 0 Å². The van der Waals surface area contributed by atoms with Crippen molar-refractivity contribution in [3.63, 3.8) is 0 Å². The van der Waals surface area contributed by atoms with Gasteiger partial charge in [-0.3, -0.25) is 5.10 Å². The van der Waals surface area contributed by atoms with Crippen LogP contribution in [0.15, 0.2) is 0 Å². The molecule has 80 valence electrons. The van der Waals surface area contributed by atoms with Crippen LogP contribution in [0, 0.1) is 0 Å². The van der Waals surface area contributed by atoms with E-state index in [1.165, 1.54) is 0 Å². The Morgan fingerprint density at radius 2 is 2.29 bits per heavy atom. The van der Waals surface area contributed by atoms with E-state index >= 15 is 0 Å². The van der Waals surface area contributed by atoms with Crippen LogP contribution < -0.4 is 5.32 Å². The molecule has 0 aliphatic rings. The molecule has 0 amide bonds. The molecule has 2 N–H and O–H groups in total. The monoisotopic (exact) mass is 198 g/mol. The van der Waals surface area contributed by atoms with E-state index in [-0.39, 0.29) is 0 Å². The van der Waals surface area contributed by atoms with Crippen LogP contribution in [0.3, 0.4) is 0 Å². The van der Waals surface area contributed by atoms with E-state index in [1.807, 2.05) is 0 Å². The van der Waals surface area contributed by atoms with Crippen molar-refractivity contribution in [2.24, 2.45) is 0 Å². The predicted octanol–water partition coefficient (Wildman–Crippen LogP) is 0.664. The fourth-order valence-electron chi connectivity index (χ4n) is 1.03. The highest BCUT2D eigenvalue weighted by molar-refractivity contribution is 4.94. The summed E-state index contributed by atoms with van der Waals surface area (Å²) in [5, 5.41) is 10.2. The number of hydrogen-bond donors (Lipinski definition) is 2. The van der Waals surface area contributed by atoms with Gasteiger partial charge in [0.05, 0.1) is 13.2 Å². The lowest BCUT2D eigenvalue weighted by molar-refractivity contribution is 0.199. The second-order valence-corrected chi connectivity index (χ2v) is 3.46. The molecule has 0 aliphatic heterocycles. The van der Waals surface area contributed by atoms with Crippen molar-refractivity contribution in [2.75, 3.05) is 20.3 Å². The second kappa shape index (κ2) is 5.72. The zero-order valence-electron chi connectivity index (χ0n) is 9.00. The third-order valence-corrected chi connectivity index (χ3v) is 1.84. The maximum atomic E-state index is 4.91. The number of aromatic amines is 1. The molecule has 1 aromatic heterocycles. The molecule has 5 nitrogen and oxygen atoms in total. The minimum atomic E-state index is 0.374. The first-order valence-corrected chi connectivity index (χ1v) is 4.85. The zero-order chi connectivity index (χ0) is 10.4. The van der Waals surface area contributed by atoms with E-state index in [1.54, 1.807) is 7.11 Å². The molecule has 0 unspecified atom stereocenters. The van der Waals surface area contributed by atoms with Crippen LogP contribution >= 0.6 is 0 Å². The summed E-state index contributed by atoms with van der Waals surface area (Å²) in [6.45, 7) is 6.40. The highest BCUT2D eigenvalue weighted by Gasteiger charge is 2.05. The topological polar surface area (TPSA) is 62.8 Å². The standard InChI is InChI=1S/C9H18N4O/c1-7(2)9-11-8(12-13-9)6-10-4-5-14-3/h7,10H,4-6H2,1-3H3,(H,11,12,13). The highest BCUT2D eigenvalue weighted by atomic mass is 16.5. The molecule has 0 aliphatic carbocycles. The van der Waals surface area contributed by atoms with Crippen LogP contribution in [-0.2, 0) is 11.3 Å². The molecule has 0 fully saturated rings. The van der Waals surface area contributed by atoms with Crippen LogP contribution in [0.1, 0.15) is 31.4 Å². The molecule has 0 aromatic carbocycles. The van der Waals surface area contributed by atoms with Gasteiger partial charge in [0.25, 0.3) is 0 Å². The maximum Gasteiger partial charge on any atom is 0.153 e. The van der Waals surface area contributed by atoms with Gasteiger partial charge in [-0.25, -0.2) is 4.98 Å². The molecule has 0 saturated carbocycles. The fraction of sp³-hybridized carbons (Fsp3) is 0.778. The van der Waals surface area contributed by atoms with Crippen molar-refractivity contribution in [1.82, 2.24) is 20.5 Å². The predicted molar refractivity (Wildman–Crippen MR) is 54.1 cm³/mol. The number of rotatable bonds is 6.